The van der Waals surface area contributed by atoms with E-state index in [1.165, 1.54) is 24.1 Å². The summed E-state index contributed by atoms with van der Waals surface area (Å²) in [4.78, 5) is 18.8. The lowest BCUT2D eigenvalue weighted by atomic mass is 10.1. The first-order chi connectivity index (χ1) is 14.3. The molecule has 1 heterocycles. The molecule has 1 amide bonds. The smallest absolute Gasteiger partial charge is 0.407 e. The number of alkyl carbamates (subject to hydrolysis) is 1. The second kappa shape index (κ2) is 13.6. The Labute approximate surface area is 204 Å². The molecule has 1 aromatic carbocycles. The third kappa shape index (κ3) is 10.4. The number of benzene rings is 1. The third-order valence-corrected chi connectivity index (χ3v) is 4.81. The Kier molecular flexibility index (Phi) is 12.0. The van der Waals surface area contributed by atoms with Gasteiger partial charge in [-0.1, -0.05) is 12.1 Å². The zero-order valence-electron chi connectivity index (χ0n) is 19.7. The van der Waals surface area contributed by atoms with Crippen molar-refractivity contribution in [2.75, 3.05) is 37.6 Å². The maximum atomic E-state index is 11.7. The molecule has 2 rings (SSSR count). The maximum absolute atomic E-state index is 11.7. The van der Waals surface area contributed by atoms with Crippen LogP contribution >= 0.6 is 24.0 Å². The molecule has 1 aliphatic rings. The first kappa shape index (κ1) is 27.3. The van der Waals surface area contributed by atoms with Gasteiger partial charge >= 0.3 is 6.09 Å². The number of carbonyl (C=O) groups excluding carboxylic acids is 1. The van der Waals surface area contributed by atoms with E-state index in [9.17, 15) is 4.79 Å². The van der Waals surface area contributed by atoms with Crippen molar-refractivity contribution in [1.82, 2.24) is 16.0 Å². The largest absolute Gasteiger partial charge is 0.444 e. The lowest BCUT2D eigenvalue weighted by Crippen LogP contribution is -2.39. The first-order valence-electron chi connectivity index (χ1n) is 11.1. The molecule has 1 aromatic rings. The van der Waals surface area contributed by atoms with Crippen molar-refractivity contribution in [2.45, 2.75) is 65.5 Å². The van der Waals surface area contributed by atoms with E-state index in [4.69, 9.17) is 4.74 Å². The number of ether oxygens (including phenoxy) is 1. The molecule has 7 nitrogen and oxygen atoms in total. The molecule has 1 atom stereocenters. The highest BCUT2D eigenvalue weighted by atomic mass is 127. The molecule has 1 saturated heterocycles. The van der Waals surface area contributed by atoms with Gasteiger partial charge < -0.3 is 25.6 Å². The quantitative estimate of drug-likeness (QED) is 0.195. The van der Waals surface area contributed by atoms with Gasteiger partial charge in [-0.05, 0) is 71.6 Å². The van der Waals surface area contributed by atoms with Crippen LogP contribution in [0.15, 0.2) is 29.3 Å². The van der Waals surface area contributed by atoms with Crippen molar-refractivity contribution in [1.29, 1.82) is 0 Å². The Balaban J connectivity index is 0.00000480. The number of aliphatic imine (C=N–C) groups is 1. The summed E-state index contributed by atoms with van der Waals surface area (Å²) in [5, 5.41) is 9.56. The zero-order valence-corrected chi connectivity index (χ0v) is 22.0. The fourth-order valence-corrected chi connectivity index (χ4v) is 3.35. The molecule has 3 N–H and O–H groups in total. The van der Waals surface area contributed by atoms with E-state index < -0.39 is 5.60 Å². The van der Waals surface area contributed by atoms with Crippen LogP contribution in [0.3, 0.4) is 0 Å². The normalized spacial score (nSPS) is 15.1. The van der Waals surface area contributed by atoms with Crippen molar-refractivity contribution < 1.29 is 9.53 Å². The van der Waals surface area contributed by atoms with Gasteiger partial charge in [0, 0.05) is 38.4 Å². The lowest BCUT2D eigenvalue weighted by Gasteiger charge is -2.22. The fourth-order valence-electron chi connectivity index (χ4n) is 3.35. The number of halogens is 1. The van der Waals surface area contributed by atoms with Crippen LogP contribution in [0, 0.1) is 0 Å². The average molecular weight is 546 g/mol. The van der Waals surface area contributed by atoms with Crippen LogP contribution in [0.1, 0.15) is 65.5 Å². The minimum atomic E-state index is -0.480. The lowest BCUT2D eigenvalue weighted by molar-refractivity contribution is 0.0527. The Morgan fingerprint density at radius 1 is 1.23 bits per heavy atom. The minimum absolute atomic E-state index is 0. The van der Waals surface area contributed by atoms with Crippen LogP contribution in [0.4, 0.5) is 10.5 Å². The van der Waals surface area contributed by atoms with Crippen LogP contribution < -0.4 is 20.9 Å². The topological polar surface area (TPSA) is 78.0 Å². The SMILES string of the molecule is CCNC(=NCCCNC(=O)OC(C)(C)C)NC(C)c1cccc(N2CCCC2)c1.I. The monoisotopic (exact) mass is 545 g/mol. The van der Waals surface area contributed by atoms with Gasteiger partial charge in [-0.15, -0.1) is 24.0 Å². The average Bonchev–Trinajstić information content (AvgIpc) is 3.21. The number of hydrogen-bond donors (Lipinski definition) is 3. The number of hydrogen-bond acceptors (Lipinski definition) is 4. The van der Waals surface area contributed by atoms with Crippen LogP contribution in [0.25, 0.3) is 0 Å². The van der Waals surface area contributed by atoms with E-state index in [0.717, 1.165) is 32.0 Å². The van der Waals surface area contributed by atoms with Gasteiger partial charge in [0.05, 0.1) is 6.04 Å². The number of nitrogens with one attached hydrogen (secondary N) is 3. The van der Waals surface area contributed by atoms with E-state index >= 15 is 0 Å². The predicted molar refractivity (Wildman–Crippen MR) is 140 cm³/mol. The molecule has 0 radical (unpaired) electrons. The number of guanidine groups is 1. The zero-order chi connectivity index (χ0) is 22.0. The molecule has 1 unspecified atom stereocenters. The molecule has 0 saturated carbocycles. The van der Waals surface area contributed by atoms with Gasteiger partial charge in [0.25, 0.3) is 0 Å². The molecule has 0 bridgehead atoms. The number of rotatable bonds is 8. The Morgan fingerprint density at radius 2 is 1.94 bits per heavy atom. The molecule has 0 aromatic heterocycles. The third-order valence-electron chi connectivity index (χ3n) is 4.81. The molecule has 176 valence electrons. The van der Waals surface area contributed by atoms with Gasteiger partial charge in [0.1, 0.15) is 5.60 Å². The predicted octanol–water partition coefficient (Wildman–Crippen LogP) is 4.44. The summed E-state index contributed by atoms with van der Waals surface area (Å²) in [6.45, 7) is 14.0. The van der Waals surface area contributed by atoms with Gasteiger partial charge in [-0.25, -0.2) is 4.79 Å². The number of nitrogens with zero attached hydrogens (tertiary/aromatic N) is 2. The standard InChI is InChI=1S/C23H39N5O2.HI/c1-6-24-21(25-13-10-14-26-22(29)30-23(3,4)5)27-18(2)19-11-9-12-20(17-19)28-15-7-8-16-28;/h9,11-12,17-18H,6-8,10,13-16H2,1-5H3,(H,26,29)(H2,24,25,27);1H. The molecule has 0 aliphatic carbocycles. The summed E-state index contributed by atoms with van der Waals surface area (Å²) in [7, 11) is 0. The molecular weight excluding hydrogens is 505 g/mol. The summed E-state index contributed by atoms with van der Waals surface area (Å²) < 4.78 is 5.24. The Hall–Kier alpha value is -1.71. The summed E-state index contributed by atoms with van der Waals surface area (Å²) in [5.41, 5.74) is 2.07. The maximum Gasteiger partial charge on any atom is 0.407 e. The van der Waals surface area contributed by atoms with Crippen molar-refractivity contribution in [3.05, 3.63) is 29.8 Å². The van der Waals surface area contributed by atoms with Gasteiger partial charge in [-0.3, -0.25) is 4.99 Å². The number of amides is 1. The Morgan fingerprint density at radius 3 is 2.58 bits per heavy atom. The van der Waals surface area contributed by atoms with Gasteiger partial charge in [0.15, 0.2) is 5.96 Å². The van der Waals surface area contributed by atoms with Crippen LogP contribution in [0.2, 0.25) is 0 Å². The highest BCUT2D eigenvalue weighted by Crippen LogP contribution is 2.23. The molecule has 1 fully saturated rings. The van der Waals surface area contributed by atoms with Gasteiger partial charge in [-0.2, -0.15) is 0 Å². The fraction of sp³-hybridized carbons (Fsp3) is 0.652. The van der Waals surface area contributed by atoms with Gasteiger partial charge in [0.2, 0.25) is 0 Å². The Bertz CT molecular complexity index is 699. The summed E-state index contributed by atoms with van der Waals surface area (Å²) in [6, 6.07) is 8.90. The molecule has 0 spiro atoms. The molecule has 1 aliphatic heterocycles. The summed E-state index contributed by atoms with van der Waals surface area (Å²) in [6.07, 6.45) is 2.91. The van der Waals surface area contributed by atoms with E-state index in [2.05, 4.69) is 64.0 Å². The number of anilines is 1. The van der Waals surface area contributed by atoms with Crippen molar-refractivity contribution in [2.24, 2.45) is 4.99 Å². The molecule has 31 heavy (non-hydrogen) atoms. The van der Waals surface area contributed by atoms with Crippen LogP contribution in [-0.4, -0.2) is 50.4 Å². The number of carbonyl (C=O) groups is 1. The van der Waals surface area contributed by atoms with E-state index in [1.54, 1.807) is 0 Å². The van der Waals surface area contributed by atoms with E-state index in [-0.39, 0.29) is 36.1 Å². The first-order valence-corrected chi connectivity index (χ1v) is 11.1. The molecular formula is C23H40IN5O2. The van der Waals surface area contributed by atoms with Crippen LogP contribution in [0.5, 0.6) is 0 Å². The summed E-state index contributed by atoms with van der Waals surface area (Å²) >= 11 is 0. The highest BCUT2D eigenvalue weighted by molar-refractivity contribution is 14.0. The van der Waals surface area contributed by atoms with Crippen LogP contribution in [-0.2, 0) is 4.74 Å². The van der Waals surface area contributed by atoms with E-state index in [1.807, 2.05) is 20.8 Å². The van der Waals surface area contributed by atoms with Crippen molar-refractivity contribution in [3.63, 3.8) is 0 Å². The van der Waals surface area contributed by atoms with E-state index in [0.29, 0.717) is 13.1 Å². The summed E-state index contributed by atoms with van der Waals surface area (Å²) in [5.74, 6) is 0.786. The van der Waals surface area contributed by atoms with Crippen molar-refractivity contribution in [3.8, 4) is 0 Å². The minimum Gasteiger partial charge on any atom is -0.444 e. The highest BCUT2D eigenvalue weighted by Gasteiger charge is 2.16. The second-order valence-corrected chi connectivity index (χ2v) is 8.70. The second-order valence-electron chi connectivity index (χ2n) is 8.70. The van der Waals surface area contributed by atoms with Crippen molar-refractivity contribution >= 4 is 41.7 Å². The molecule has 8 heteroatoms.